The molecule has 0 spiro atoms. The normalized spacial score (nSPS) is 10.7. The number of hydrogen-bond donors (Lipinski definition) is 0. The summed E-state index contributed by atoms with van der Waals surface area (Å²) in [5, 5.41) is 40.8. The minimum Gasteiger partial charge on any atom is -0.309 e. The van der Waals surface area contributed by atoms with Crippen LogP contribution >= 0.6 is 0 Å². The molecule has 0 N–H and O–H groups in total. The van der Waals surface area contributed by atoms with Gasteiger partial charge in [-0.3, -0.25) is 0 Å². The van der Waals surface area contributed by atoms with Gasteiger partial charge in [-0.1, -0.05) is 97.1 Å². The largest absolute Gasteiger partial charge is 0.309 e. The maximum absolute atomic E-state index is 9.81. The van der Waals surface area contributed by atoms with Gasteiger partial charge >= 0.3 is 0 Å². The van der Waals surface area contributed by atoms with Crippen molar-refractivity contribution < 1.29 is 0 Å². The van der Waals surface area contributed by atoms with Crippen LogP contribution in [0.4, 0.5) is 0 Å². The van der Waals surface area contributed by atoms with Crippen LogP contribution in [0.2, 0.25) is 0 Å². The molecule has 1 aromatic heterocycles. The summed E-state index contributed by atoms with van der Waals surface area (Å²) in [6.45, 7) is 0. The van der Waals surface area contributed by atoms with Gasteiger partial charge in [0.1, 0.15) is 24.3 Å². The summed E-state index contributed by atoms with van der Waals surface area (Å²) in [6.07, 6.45) is 0. The van der Waals surface area contributed by atoms with E-state index in [0.717, 1.165) is 72.0 Å². The van der Waals surface area contributed by atoms with Gasteiger partial charge in [0.05, 0.1) is 39.0 Å². The topological polar surface area (TPSA) is 100 Å². The molecule has 0 aliphatic carbocycles. The molecule has 7 aromatic carbocycles. The SMILES string of the molecule is N#Cc1ccc(-c2ccccc2-c2ccc3c(c2)c2cc(-c4ccccc4)ccc2n3-c2ccccc2-c2ccc(C#N)c(C#N)c2)cc1C#N. The van der Waals surface area contributed by atoms with Crippen molar-refractivity contribution in [2.75, 3.05) is 0 Å². The fraction of sp³-hybridized carbons (Fsp3) is 0. The van der Waals surface area contributed by atoms with E-state index in [2.05, 4.69) is 89.5 Å². The first-order chi connectivity index (χ1) is 25.1. The lowest BCUT2D eigenvalue weighted by Crippen LogP contribution is -1.98. The molecule has 234 valence electrons. The molecule has 5 nitrogen and oxygen atoms in total. The van der Waals surface area contributed by atoms with E-state index in [1.165, 1.54) is 0 Å². The van der Waals surface area contributed by atoms with Gasteiger partial charge in [-0.05, 0) is 93.5 Å². The Morgan fingerprint density at radius 1 is 0.333 bits per heavy atom. The van der Waals surface area contributed by atoms with Gasteiger partial charge in [0.25, 0.3) is 0 Å². The molecule has 0 atom stereocenters. The molecule has 0 fully saturated rings. The zero-order valence-corrected chi connectivity index (χ0v) is 27.2. The Morgan fingerprint density at radius 2 is 0.765 bits per heavy atom. The highest BCUT2D eigenvalue weighted by molar-refractivity contribution is 6.12. The molecule has 8 rings (SSSR count). The van der Waals surface area contributed by atoms with Gasteiger partial charge in [0.15, 0.2) is 0 Å². The van der Waals surface area contributed by atoms with E-state index in [1.54, 1.807) is 24.3 Å². The van der Waals surface area contributed by atoms with E-state index < -0.39 is 0 Å². The van der Waals surface area contributed by atoms with Crippen LogP contribution in [-0.4, -0.2) is 4.57 Å². The summed E-state index contributed by atoms with van der Waals surface area (Å²) >= 11 is 0. The van der Waals surface area contributed by atoms with E-state index in [1.807, 2.05) is 66.7 Å². The van der Waals surface area contributed by atoms with Crippen LogP contribution in [0.15, 0.2) is 152 Å². The lowest BCUT2D eigenvalue weighted by molar-refractivity contribution is 1.18. The summed E-state index contributed by atoms with van der Waals surface area (Å²) in [5.41, 5.74) is 12.3. The van der Waals surface area contributed by atoms with E-state index in [9.17, 15) is 21.0 Å². The van der Waals surface area contributed by atoms with Crippen molar-refractivity contribution in [3.8, 4) is 74.5 Å². The number of nitriles is 4. The van der Waals surface area contributed by atoms with E-state index in [4.69, 9.17) is 0 Å². The van der Waals surface area contributed by atoms with Gasteiger partial charge in [0.2, 0.25) is 0 Å². The van der Waals surface area contributed by atoms with Crippen molar-refractivity contribution >= 4 is 21.8 Å². The Kier molecular flexibility index (Phi) is 7.64. The molecule has 0 radical (unpaired) electrons. The highest BCUT2D eigenvalue weighted by Crippen LogP contribution is 2.41. The Balaban J connectivity index is 1.38. The number of fused-ring (bicyclic) bond motifs is 3. The van der Waals surface area contributed by atoms with Gasteiger partial charge < -0.3 is 4.57 Å². The number of benzene rings is 7. The standard InChI is InChI=1S/C46H25N5/c47-26-35-16-14-32(22-37(35)28-49)39-10-4-5-11-40(39)34-19-21-46-43(25-34)42-24-31(30-8-2-1-3-9-30)18-20-45(42)51(46)44-13-7-6-12-41(44)33-15-17-36(27-48)38(23-33)29-50/h1-25H. The number of hydrogen-bond acceptors (Lipinski definition) is 4. The molecule has 0 aliphatic rings. The van der Waals surface area contributed by atoms with Crippen LogP contribution in [0.25, 0.3) is 72.0 Å². The molecule has 5 heteroatoms. The fourth-order valence-electron chi connectivity index (χ4n) is 6.96. The average Bonchev–Trinajstić information content (AvgIpc) is 3.53. The van der Waals surface area contributed by atoms with Gasteiger partial charge in [0, 0.05) is 16.3 Å². The van der Waals surface area contributed by atoms with Crippen molar-refractivity contribution in [3.05, 3.63) is 174 Å². The Morgan fingerprint density at radius 3 is 1.33 bits per heavy atom. The van der Waals surface area contributed by atoms with E-state index in [0.29, 0.717) is 22.3 Å². The van der Waals surface area contributed by atoms with Crippen LogP contribution in [0.3, 0.4) is 0 Å². The Hall–Kier alpha value is -7.70. The zero-order chi connectivity index (χ0) is 34.9. The second-order valence-corrected chi connectivity index (χ2v) is 12.2. The van der Waals surface area contributed by atoms with E-state index in [-0.39, 0.29) is 0 Å². The number of rotatable bonds is 5. The second kappa shape index (κ2) is 12.7. The molecule has 1 heterocycles. The average molecular weight is 648 g/mol. The smallest absolute Gasteiger partial charge is 0.101 e. The molecule has 0 amide bonds. The van der Waals surface area contributed by atoms with Gasteiger partial charge in [-0.25, -0.2) is 0 Å². The summed E-state index contributed by atoms with van der Waals surface area (Å²) < 4.78 is 2.27. The highest BCUT2D eigenvalue weighted by atomic mass is 15.0. The molecule has 0 saturated heterocycles. The van der Waals surface area contributed by atoms with Crippen LogP contribution in [0.1, 0.15) is 22.3 Å². The molecular weight excluding hydrogens is 623 g/mol. The Labute approximate surface area is 295 Å². The summed E-state index contributed by atoms with van der Waals surface area (Å²) in [7, 11) is 0. The minimum absolute atomic E-state index is 0.340. The molecule has 51 heavy (non-hydrogen) atoms. The summed E-state index contributed by atoms with van der Waals surface area (Å²) in [4.78, 5) is 0. The lowest BCUT2D eigenvalue weighted by Gasteiger charge is -2.15. The third-order valence-electron chi connectivity index (χ3n) is 9.40. The first-order valence-corrected chi connectivity index (χ1v) is 16.3. The lowest BCUT2D eigenvalue weighted by atomic mass is 9.92. The Bertz CT molecular complexity index is 2850. The molecular formula is C46H25N5. The van der Waals surface area contributed by atoms with Crippen molar-refractivity contribution in [3.63, 3.8) is 0 Å². The monoisotopic (exact) mass is 647 g/mol. The quantitative estimate of drug-likeness (QED) is 0.185. The van der Waals surface area contributed by atoms with Gasteiger partial charge in [-0.2, -0.15) is 21.0 Å². The minimum atomic E-state index is 0.340. The fourth-order valence-corrected chi connectivity index (χ4v) is 6.96. The first kappa shape index (κ1) is 30.6. The maximum Gasteiger partial charge on any atom is 0.101 e. The third kappa shape index (κ3) is 5.26. The highest BCUT2D eigenvalue weighted by Gasteiger charge is 2.19. The van der Waals surface area contributed by atoms with E-state index >= 15 is 0 Å². The predicted octanol–water partition coefficient (Wildman–Crippen LogP) is 10.9. The predicted molar refractivity (Wildman–Crippen MR) is 201 cm³/mol. The number of nitrogens with zero attached hydrogens (tertiary/aromatic N) is 5. The molecule has 0 bridgehead atoms. The third-order valence-corrected chi connectivity index (χ3v) is 9.40. The van der Waals surface area contributed by atoms with Crippen molar-refractivity contribution in [2.24, 2.45) is 0 Å². The van der Waals surface area contributed by atoms with Crippen molar-refractivity contribution in [1.82, 2.24) is 4.57 Å². The van der Waals surface area contributed by atoms with Crippen LogP contribution in [-0.2, 0) is 0 Å². The molecule has 8 aromatic rings. The molecule has 0 saturated carbocycles. The number of para-hydroxylation sites is 1. The van der Waals surface area contributed by atoms with Crippen LogP contribution in [0.5, 0.6) is 0 Å². The first-order valence-electron chi connectivity index (χ1n) is 16.3. The zero-order valence-electron chi connectivity index (χ0n) is 27.2. The summed E-state index contributed by atoms with van der Waals surface area (Å²) in [5.74, 6) is 0. The molecule has 0 aliphatic heterocycles. The maximum atomic E-state index is 9.81. The van der Waals surface area contributed by atoms with Crippen LogP contribution < -0.4 is 0 Å². The van der Waals surface area contributed by atoms with Crippen molar-refractivity contribution in [2.45, 2.75) is 0 Å². The van der Waals surface area contributed by atoms with Gasteiger partial charge in [-0.15, -0.1) is 0 Å². The number of aromatic nitrogens is 1. The molecule has 0 unspecified atom stereocenters. The summed E-state index contributed by atoms with van der Waals surface area (Å²) in [6, 6.07) is 59.0. The van der Waals surface area contributed by atoms with Crippen LogP contribution in [0, 0.1) is 45.3 Å². The van der Waals surface area contributed by atoms with Crippen molar-refractivity contribution in [1.29, 1.82) is 21.0 Å². The second-order valence-electron chi connectivity index (χ2n) is 12.2.